The van der Waals surface area contributed by atoms with Crippen LogP contribution in [0.25, 0.3) is 21.1 Å². The Bertz CT molecular complexity index is 779. The number of benzene rings is 1. The number of ether oxygens (including phenoxy) is 2. The lowest BCUT2D eigenvalue weighted by Gasteiger charge is -2.15. The average molecular weight is 336 g/mol. The Morgan fingerprint density at radius 2 is 1.81 bits per heavy atom. The number of nitrogens with zero attached hydrogens (tertiary/aromatic N) is 1. The van der Waals surface area contributed by atoms with Crippen LogP contribution < -0.4 is 9.47 Å². The van der Waals surface area contributed by atoms with Gasteiger partial charge in [0.1, 0.15) is 23.1 Å². The minimum atomic E-state index is 0.589. The zero-order valence-corrected chi connectivity index (χ0v) is 13.2. The molecule has 1 aromatic carbocycles. The van der Waals surface area contributed by atoms with Crippen LogP contribution in [0.5, 0.6) is 11.5 Å². The predicted molar refractivity (Wildman–Crippen MR) is 86.9 cm³/mol. The fraction of sp³-hybridized carbons (Fsp3) is 0.133. The number of aromatic nitrogens is 1. The number of thiophene rings is 1. The first-order chi connectivity index (χ1) is 10.3. The van der Waals surface area contributed by atoms with Crippen LogP contribution in [-0.4, -0.2) is 18.2 Å². The molecule has 0 aliphatic carbocycles. The second kappa shape index (κ2) is 5.33. The van der Waals surface area contributed by atoms with Crippen molar-refractivity contribution in [3.05, 3.63) is 40.0 Å². The van der Waals surface area contributed by atoms with Crippen LogP contribution in [0, 0.1) is 0 Å². The second-order valence-electron chi connectivity index (χ2n) is 4.50. The van der Waals surface area contributed by atoms with Gasteiger partial charge in [-0.2, -0.15) is 0 Å². The molecule has 4 rings (SSSR count). The summed E-state index contributed by atoms with van der Waals surface area (Å²) in [5, 5.41) is 5.71. The number of rotatable bonds is 2. The van der Waals surface area contributed by atoms with Crippen LogP contribution in [-0.2, 0) is 0 Å². The van der Waals surface area contributed by atoms with Crippen LogP contribution in [0.2, 0.25) is 5.02 Å². The highest BCUT2D eigenvalue weighted by Crippen LogP contribution is 2.46. The molecule has 0 saturated heterocycles. The van der Waals surface area contributed by atoms with Gasteiger partial charge in [0.05, 0.1) is 5.69 Å². The average Bonchev–Trinajstić information content (AvgIpc) is 3.14. The molecule has 1 aliphatic heterocycles. The molecule has 3 aromatic rings. The molecule has 2 aromatic heterocycles. The maximum Gasteiger partial charge on any atom is 0.182 e. The summed E-state index contributed by atoms with van der Waals surface area (Å²) in [7, 11) is 0. The van der Waals surface area contributed by atoms with E-state index in [4.69, 9.17) is 26.1 Å². The van der Waals surface area contributed by atoms with Crippen LogP contribution in [0.4, 0.5) is 0 Å². The molecule has 0 saturated carbocycles. The van der Waals surface area contributed by atoms with E-state index < -0.39 is 0 Å². The van der Waals surface area contributed by atoms with E-state index in [9.17, 15) is 0 Å². The van der Waals surface area contributed by atoms with Crippen LogP contribution in [0.3, 0.4) is 0 Å². The van der Waals surface area contributed by atoms with Gasteiger partial charge >= 0.3 is 0 Å². The van der Waals surface area contributed by atoms with Crippen molar-refractivity contribution in [3.8, 4) is 32.6 Å². The maximum absolute atomic E-state index is 5.92. The minimum Gasteiger partial charge on any atom is -0.485 e. The van der Waals surface area contributed by atoms with Crippen LogP contribution >= 0.6 is 34.3 Å². The molecule has 0 radical (unpaired) electrons. The molecule has 0 N–H and O–H groups in total. The molecule has 6 heteroatoms. The van der Waals surface area contributed by atoms with Crippen molar-refractivity contribution in [2.45, 2.75) is 0 Å². The van der Waals surface area contributed by atoms with E-state index in [1.165, 1.54) is 0 Å². The molecule has 0 unspecified atom stereocenters. The van der Waals surface area contributed by atoms with Gasteiger partial charge in [-0.1, -0.05) is 23.7 Å². The van der Waals surface area contributed by atoms with E-state index in [0.29, 0.717) is 13.2 Å². The number of hydrogen-bond donors (Lipinski definition) is 0. The van der Waals surface area contributed by atoms with Crippen LogP contribution in [0.1, 0.15) is 0 Å². The lowest BCUT2D eigenvalue weighted by molar-refractivity contribution is 0.174. The molecule has 0 fully saturated rings. The smallest absolute Gasteiger partial charge is 0.182 e. The summed E-state index contributed by atoms with van der Waals surface area (Å²) >= 11 is 9.13. The van der Waals surface area contributed by atoms with E-state index in [1.54, 1.807) is 22.7 Å². The third-order valence-electron chi connectivity index (χ3n) is 3.14. The van der Waals surface area contributed by atoms with Gasteiger partial charge in [-0.05, 0) is 12.1 Å². The molecule has 0 bridgehead atoms. The normalized spacial score (nSPS) is 13.4. The Hall–Kier alpha value is -1.56. The highest BCUT2D eigenvalue weighted by molar-refractivity contribution is 7.20. The van der Waals surface area contributed by atoms with Gasteiger partial charge in [0.15, 0.2) is 11.5 Å². The monoisotopic (exact) mass is 335 g/mol. The number of hydrogen-bond acceptors (Lipinski definition) is 5. The Balaban J connectivity index is 1.71. The lowest BCUT2D eigenvalue weighted by Crippen LogP contribution is -2.14. The summed E-state index contributed by atoms with van der Waals surface area (Å²) in [5.74, 6) is 1.65. The van der Waals surface area contributed by atoms with Crippen molar-refractivity contribution in [2.75, 3.05) is 13.2 Å². The van der Waals surface area contributed by atoms with E-state index in [1.807, 2.05) is 35.0 Å². The standard InChI is InChI=1S/C15H10ClNO2S2/c16-10-3-1-9(2-4-10)11-7-21-15(17-11)14-13-12(8-20-14)18-5-6-19-13/h1-4,7-8H,5-6H2. The lowest BCUT2D eigenvalue weighted by atomic mass is 10.2. The molecular weight excluding hydrogens is 326 g/mol. The van der Waals surface area contributed by atoms with Crippen LogP contribution in [0.15, 0.2) is 35.0 Å². The molecule has 3 heterocycles. The van der Waals surface area contributed by atoms with Gasteiger partial charge in [-0.15, -0.1) is 22.7 Å². The van der Waals surface area contributed by atoms with Crippen molar-refractivity contribution >= 4 is 34.3 Å². The third-order valence-corrected chi connectivity index (χ3v) is 5.33. The quantitative estimate of drug-likeness (QED) is 0.663. The summed E-state index contributed by atoms with van der Waals surface area (Å²) < 4.78 is 11.3. The van der Waals surface area contributed by atoms with E-state index in [2.05, 4.69) is 0 Å². The number of thiazole rings is 1. The van der Waals surface area contributed by atoms with E-state index in [-0.39, 0.29) is 0 Å². The van der Waals surface area contributed by atoms with Crippen molar-refractivity contribution in [2.24, 2.45) is 0 Å². The molecule has 0 amide bonds. The topological polar surface area (TPSA) is 31.4 Å². The zero-order chi connectivity index (χ0) is 14.2. The van der Waals surface area contributed by atoms with E-state index in [0.717, 1.165) is 37.7 Å². The number of fused-ring (bicyclic) bond motifs is 1. The van der Waals surface area contributed by atoms with Gasteiger partial charge in [-0.3, -0.25) is 0 Å². The summed E-state index contributed by atoms with van der Waals surface area (Å²) in [6, 6.07) is 7.70. The first-order valence-electron chi connectivity index (χ1n) is 6.40. The highest BCUT2D eigenvalue weighted by atomic mass is 35.5. The minimum absolute atomic E-state index is 0.589. The molecule has 0 atom stereocenters. The van der Waals surface area contributed by atoms with Crippen molar-refractivity contribution in [1.82, 2.24) is 4.98 Å². The first-order valence-corrected chi connectivity index (χ1v) is 8.54. The Morgan fingerprint density at radius 3 is 2.67 bits per heavy atom. The van der Waals surface area contributed by atoms with Gasteiger partial charge in [-0.25, -0.2) is 4.98 Å². The summed E-state index contributed by atoms with van der Waals surface area (Å²) in [4.78, 5) is 5.75. The SMILES string of the molecule is Clc1ccc(-c2csc(-c3scc4c3OCCO4)n2)cc1. The fourth-order valence-electron chi connectivity index (χ4n) is 2.14. The number of halogens is 1. The summed E-state index contributed by atoms with van der Waals surface area (Å²) in [5.41, 5.74) is 2.01. The molecule has 106 valence electrons. The zero-order valence-electron chi connectivity index (χ0n) is 10.8. The Morgan fingerprint density at radius 1 is 1.00 bits per heavy atom. The second-order valence-corrected chi connectivity index (χ2v) is 6.67. The van der Waals surface area contributed by atoms with Gasteiger partial charge in [0.25, 0.3) is 0 Å². The van der Waals surface area contributed by atoms with Gasteiger partial charge in [0.2, 0.25) is 0 Å². The predicted octanol–water partition coefficient (Wildman–Crippen LogP) is 4.96. The summed E-state index contributed by atoms with van der Waals surface area (Å²) in [6.45, 7) is 1.20. The molecule has 3 nitrogen and oxygen atoms in total. The molecule has 21 heavy (non-hydrogen) atoms. The fourth-order valence-corrected chi connectivity index (χ4v) is 4.13. The Kier molecular flexibility index (Phi) is 3.33. The third kappa shape index (κ3) is 2.41. The van der Waals surface area contributed by atoms with E-state index >= 15 is 0 Å². The molecule has 1 aliphatic rings. The van der Waals surface area contributed by atoms with Crippen molar-refractivity contribution in [1.29, 1.82) is 0 Å². The Labute approximate surface area is 134 Å². The van der Waals surface area contributed by atoms with Crippen molar-refractivity contribution < 1.29 is 9.47 Å². The van der Waals surface area contributed by atoms with Crippen molar-refractivity contribution in [3.63, 3.8) is 0 Å². The molecule has 0 spiro atoms. The van der Waals surface area contributed by atoms with Gasteiger partial charge < -0.3 is 9.47 Å². The first kappa shape index (κ1) is 13.1. The maximum atomic E-state index is 5.92. The highest BCUT2D eigenvalue weighted by Gasteiger charge is 2.21. The summed E-state index contributed by atoms with van der Waals surface area (Å²) in [6.07, 6.45) is 0. The largest absolute Gasteiger partial charge is 0.485 e. The van der Waals surface area contributed by atoms with Gasteiger partial charge in [0, 0.05) is 21.3 Å². The molecular formula is C15H10ClNO2S2.